The van der Waals surface area contributed by atoms with E-state index in [1.165, 1.54) is 6.08 Å². The lowest BCUT2D eigenvalue weighted by Gasteiger charge is -2.09. The standard InChI is InChI=1S/C27H18Cl2N4O3/c1-2-25(34)31-17-5-3-6-19(15-17)33-22-13-14-30-16-23(22)32(27(33)35)18-9-11-20(12-10-18)36-24-8-4-7-21(28)26(24)29/h2-16H,1H2,(H,31,34). The van der Waals surface area contributed by atoms with E-state index in [-0.39, 0.29) is 11.6 Å². The zero-order chi connectivity index (χ0) is 25.2. The summed E-state index contributed by atoms with van der Waals surface area (Å²) in [6, 6.07) is 20.9. The molecule has 5 rings (SSSR count). The highest BCUT2D eigenvalue weighted by Crippen LogP contribution is 2.35. The van der Waals surface area contributed by atoms with E-state index >= 15 is 0 Å². The molecule has 2 aromatic heterocycles. The molecule has 0 aliphatic rings. The predicted octanol–water partition coefficient (Wildman–Crippen LogP) is 6.40. The molecular weight excluding hydrogens is 499 g/mol. The third-order valence-electron chi connectivity index (χ3n) is 5.44. The Bertz CT molecular complexity index is 1670. The number of ether oxygens (including phenoxy) is 1. The van der Waals surface area contributed by atoms with Crippen molar-refractivity contribution in [3.05, 3.63) is 118 Å². The number of rotatable bonds is 6. The largest absolute Gasteiger partial charge is 0.456 e. The SMILES string of the molecule is C=CC(=O)Nc1cccc(-n2c(=O)n(-c3ccc(Oc4cccc(Cl)c4Cl)cc3)c3cnccc32)c1. The summed E-state index contributed by atoms with van der Waals surface area (Å²) in [5.74, 6) is 0.620. The molecule has 0 unspecified atom stereocenters. The highest BCUT2D eigenvalue weighted by molar-refractivity contribution is 6.42. The number of aromatic nitrogens is 3. The van der Waals surface area contributed by atoms with E-state index in [4.69, 9.17) is 27.9 Å². The summed E-state index contributed by atoms with van der Waals surface area (Å²) in [5, 5.41) is 3.43. The van der Waals surface area contributed by atoms with Crippen molar-refractivity contribution in [3.8, 4) is 22.9 Å². The van der Waals surface area contributed by atoms with Crippen molar-refractivity contribution < 1.29 is 9.53 Å². The molecule has 0 aliphatic heterocycles. The Morgan fingerprint density at radius 3 is 2.47 bits per heavy atom. The third-order valence-corrected chi connectivity index (χ3v) is 6.24. The van der Waals surface area contributed by atoms with E-state index in [0.717, 1.165) is 0 Å². The van der Waals surface area contributed by atoms with Crippen LogP contribution in [0.4, 0.5) is 5.69 Å². The number of nitrogens with one attached hydrogen (secondary N) is 1. The summed E-state index contributed by atoms with van der Waals surface area (Å²) in [6.45, 7) is 3.47. The van der Waals surface area contributed by atoms with Crippen LogP contribution in [0, 0.1) is 0 Å². The van der Waals surface area contributed by atoms with Gasteiger partial charge in [-0.25, -0.2) is 4.79 Å². The van der Waals surface area contributed by atoms with Crippen LogP contribution >= 0.6 is 23.2 Å². The average molecular weight is 517 g/mol. The summed E-state index contributed by atoms with van der Waals surface area (Å²) >= 11 is 12.3. The van der Waals surface area contributed by atoms with Crippen molar-refractivity contribution in [2.75, 3.05) is 5.32 Å². The molecule has 0 spiro atoms. The van der Waals surface area contributed by atoms with E-state index in [1.807, 2.05) is 0 Å². The number of benzene rings is 3. The van der Waals surface area contributed by atoms with Crippen LogP contribution < -0.4 is 15.7 Å². The zero-order valence-corrected chi connectivity index (χ0v) is 20.2. The van der Waals surface area contributed by atoms with Crippen LogP contribution in [0.2, 0.25) is 10.0 Å². The molecule has 178 valence electrons. The summed E-state index contributed by atoms with van der Waals surface area (Å²) in [4.78, 5) is 29.6. The normalized spacial score (nSPS) is 10.8. The molecule has 2 heterocycles. The Kier molecular flexibility index (Phi) is 6.33. The highest BCUT2D eigenvalue weighted by atomic mass is 35.5. The van der Waals surface area contributed by atoms with Crippen LogP contribution in [-0.4, -0.2) is 20.0 Å². The minimum Gasteiger partial charge on any atom is -0.456 e. The van der Waals surface area contributed by atoms with E-state index < -0.39 is 0 Å². The maximum absolute atomic E-state index is 13.7. The number of anilines is 1. The van der Waals surface area contributed by atoms with E-state index in [1.54, 1.807) is 94.3 Å². The third kappa shape index (κ3) is 4.37. The number of hydrogen-bond donors (Lipinski definition) is 1. The molecule has 7 nitrogen and oxygen atoms in total. The molecule has 0 saturated carbocycles. The summed E-state index contributed by atoms with van der Waals surface area (Å²) in [6.07, 6.45) is 4.44. The number of imidazole rings is 1. The Morgan fingerprint density at radius 2 is 1.69 bits per heavy atom. The van der Waals surface area contributed by atoms with Crippen LogP contribution in [0.1, 0.15) is 0 Å². The van der Waals surface area contributed by atoms with Gasteiger partial charge in [0, 0.05) is 11.9 Å². The number of amides is 1. The smallest absolute Gasteiger partial charge is 0.338 e. The van der Waals surface area contributed by atoms with Gasteiger partial charge in [0.1, 0.15) is 16.5 Å². The van der Waals surface area contributed by atoms with Gasteiger partial charge in [-0.3, -0.25) is 18.9 Å². The average Bonchev–Trinajstić information content (AvgIpc) is 3.19. The Labute approximate surface area is 215 Å². The molecule has 1 N–H and O–H groups in total. The van der Waals surface area contributed by atoms with E-state index in [9.17, 15) is 9.59 Å². The topological polar surface area (TPSA) is 78.2 Å². The van der Waals surface area contributed by atoms with Crippen LogP contribution in [-0.2, 0) is 4.79 Å². The van der Waals surface area contributed by atoms with Crippen LogP contribution in [0.15, 0.2) is 103 Å². The summed E-state index contributed by atoms with van der Waals surface area (Å²) in [5.41, 5.74) is 2.74. The van der Waals surface area contributed by atoms with Crippen molar-refractivity contribution in [1.29, 1.82) is 0 Å². The van der Waals surface area contributed by atoms with Gasteiger partial charge < -0.3 is 10.1 Å². The minimum absolute atomic E-state index is 0.295. The van der Waals surface area contributed by atoms with Crippen molar-refractivity contribution in [2.45, 2.75) is 0 Å². The molecular formula is C27H18Cl2N4O3. The first-order valence-electron chi connectivity index (χ1n) is 10.8. The number of nitrogens with zero attached hydrogens (tertiary/aromatic N) is 3. The van der Waals surface area contributed by atoms with Gasteiger partial charge in [-0.1, -0.05) is 41.9 Å². The maximum Gasteiger partial charge on any atom is 0.338 e. The van der Waals surface area contributed by atoms with Gasteiger partial charge >= 0.3 is 5.69 Å². The van der Waals surface area contributed by atoms with Crippen molar-refractivity contribution in [3.63, 3.8) is 0 Å². The Balaban J connectivity index is 1.56. The molecule has 0 saturated heterocycles. The number of carbonyl (C=O) groups excluding carboxylic acids is 1. The first-order valence-corrected chi connectivity index (χ1v) is 11.6. The lowest BCUT2D eigenvalue weighted by molar-refractivity contribution is -0.111. The fourth-order valence-electron chi connectivity index (χ4n) is 3.81. The van der Waals surface area contributed by atoms with E-state index in [2.05, 4.69) is 16.9 Å². The minimum atomic E-state index is -0.340. The molecule has 36 heavy (non-hydrogen) atoms. The van der Waals surface area contributed by atoms with Crippen molar-refractivity contribution in [2.24, 2.45) is 0 Å². The molecule has 9 heteroatoms. The quantitative estimate of drug-likeness (QED) is 0.265. The Hall–Kier alpha value is -4.33. The van der Waals surface area contributed by atoms with Gasteiger partial charge in [0.25, 0.3) is 0 Å². The fourth-order valence-corrected chi connectivity index (χ4v) is 4.14. The van der Waals surface area contributed by atoms with Gasteiger partial charge in [-0.2, -0.15) is 0 Å². The Morgan fingerprint density at radius 1 is 0.944 bits per heavy atom. The molecule has 0 bridgehead atoms. The number of pyridine rings is 1. The second-order valence-electron chi connectivity index (χ2n) is 7.71. The number of carbonyl (C=O) groups is 1. The van der Waals surface area contributed by atoms with E-state index in [0.29, 0.717) is 49.6 Å². The van der Waals surface area contributed by atoms with Crippen molar-refractivity contribution >= 4 is 45.8 Å². The van der Waals surface area contributed by atoms with Gasteiger partial charge in [-0.05, 0) is 66.7 Å². The molecule has 1 amide bonds. The first kappa shape index (κ1) is 23.4. The second-order valence-corrected chi connectivity index (χ2v) is 8.49. The van der Waals surface area contributed by atoms with Crippen LogP contribution in [0.3, 0.4) is 0 Å². The summed E-state index contributed by atoms with van der Waals surface area (Å²) in [7, 11) is 0. The molecule has 3 aromatic carbocycles. The maximum atomic E-state index is 13.7. The first-order chi connectivity index (χ1) is 17.5. The monoisotopic (exact) mass is 516 g/mol. The lowest BCUT2D eigenvalue weighted by Crippen LogP contribution is -2.22. The van der Waals surface area contributed by atoms with Gasteiger partial charge in [0.15, 0.2) is 0 Å². The molecule has 0 aliphatic carbocycles. The van der Waals surface area contributed by atoms with Crippen molar-refractivity contribution in [1.82, 2.24) is 14.1 Å². The number of halogens is 2. The van der Waals surface area contributed by atoms with Crippen LogP contribution in [0.5, 0.6) is 11.5 Å². The summed E-state index contributed by atoms with van der Waals surface area (Å²) < 4.78 is 8.99. The molecule has 0 fully saturated rings. The van der Waals surface area contributed by atoms with Gasteiger partial charge in [-0.15, -0.1) is 0 Å². The predicted molar refractivity (Wildman–Crippen MR) is 142 cm³/mol. The van der Waals surface area contributed by atoms with Gasteiger partial charge in [0.2, 0.25) is 5.91 Å². The number of hydrogen-bond acceptors (Lipinski definition) is 4. The molecule has 5 aromatic rings. The number of fused-ring (bicyclic) bond motifs is 1. The molecule has 0 radical (unpaired) electrons. The molecule has 0 atom stereocenters. The van der Waals surface area contributed by atoms with Crippen LogP contribution in [0.25, 0.3) is 22.4 Å². The van der Waals surface area contributed by atoms with Gasteiger partial charge in [0.05, 0.1) is 33.6 Å². The highest BCUT2D eigenvalue weighted by Gasteiger charge is 2.17. The lowest BCUT2D eigenvalue weighted by atomic mass is 10.2. The zero-order valence-electron chi connectivity index (χ0n) is 18.7. The second kappa shape index (κ2) is 9.73. The fraction of sp³-hybridized carbons (Fsp3) is 0.